The van der Waals surface area contributed by atoms with Gasteiger partial charge >= 0.3 is 0 Å². The van der Waals surface area contributed by atoms with Gasteiger partial charge < -0.3 is 0 Å². The Balaban J connectivity index is 2.09. The summed E-state index contributed by atoms with van der Waals surface area (Å²) in [5.74, 6) is -0.585. The van der Waals surface area contributed by atoms with Crippen molar-refractivity contribution in [2.45, 2.75) is 11.2 Å². The molecule has 1 fully saturated rings. The third-order valence-corrected chi connectivity index (χ3v) is 3.11. The van der Waals surface area contributed by atoms with Gasteiger partial charge in [0, 0.05) is 10.4 Å². The van der Waals surface area contributed by atoms with E-state index in [0.717, 1.165) is 6.42 Å². The third-order valence-electron chi connectivity index (χ3n) is 2.36. The predicted octanol–water partition coefficient (Wildman–Crippen LogP) is 2.37. The number of alkyl halides is 1. The quantitative estimate of drug-likeness (QED) is 0.742. The molecule has 0 N–H and O–H groups in total. The van der Waals surface area contributed by atoms with Gasteiger partial charge in [-0.1, -0.05) is 15.9 Å². The Hall–Kier alpha value is -0.940. The maximum absolute atomic E-state index is 12.7. The van der Waals surface area contributed by atoms with Gasteiger partial charge in [0.25, 0.3) is 5.91 Å². The van der Waals surface area contributed by atoms with Crippen LogP contribution in [-0.2, 0) is 4.84 Å². The van der Waals surface area contributed by atoms with E-state index < -0.39 is 0 Å². The molecule has 0 radical (unpaired) electrons. The van der Waals surface area contributed by atoms with Crippen molar-refractivity contribution >= 4 is 21.8 Å². The van der Waals surface area contributed by atoms with Crippen LogP contribution < -0.4 is 0 Å². The second kappa shape index (κ2) is 4.93. The molecule has 3 nitrogen and oxygen atoms in total. The van der Waals surface area contributed by atoms with Gasteiger partial charge in [0.1, 0.15) is 5.82 Å². The van der Waals surface area contributed by atoms with E-state index in [4.69, 9.17) is 4.84 Å². The standard InChI is InChI=1S/C11H11BrFNO2/c12-9-5-6-16-14(7-9)11(15)8-1-3-10(13)4-2-8/h1-4,9H,5-7H2. The van der Waals surface area contributed by atoms with Crippen molar-refractivity contribution in [1.82, 2.24) is 5.06 Å². The molecule has 0 aromatic heterocycles. The van der Waals surface area contributed by atoms with E-state index in [-0.39, 0.29) is 16.6 Å². The molecule has 1 atom stereocenters. The van der Waals surface area contributed by atoms with Crippen molar-refractivity contribution in [2.75, 3.05) is 13.2 Å². The van der Waals surface area contributed by atoms with Gasteiger partial charge in [0.05, 0.1) is 13.2 Å². The van der Waals surface area contributed by atoms with E-state index >= 15 is 0 Å². The summed E-state index contributed by atoms with van der Waals surface area (Å²) in [6, 6.07) is 5.45. The molecule has 0 bridgehead atoms. The molecule has 1 aliphatic heterocycles. The molecule has 1 unspecified atom stereocenters. The zero-order chi connectivity index (χ0) is 11.5. The smallest absolute Gasteiger partial charge is 0.271 e. The molecule has 5 heteroatoms. The van der Waals surface area contributed by atoms with E-state index in [9.17, 15) is 9.18 Å². The van der Waals surface area contributed by atoms with Crippen LogP contribution >= 0.6 is 15.9 Å². The fourth-order valence-corrected chi connectivity index (χ4v) is 1.94. The summed E-state index contributed by atoms with van der Waals surface area (Å²) in [5.41, 5.74) is 0.433. The van der Waals surface area contributed by atoms with Gasteiger partial charge in [-0.05, 0) is 30.7 Å². The number of hydrogen-bond donors (Lipinski definition) is 0. The van der Waals surface area contributed by atoms with Crippen molar-refractivity contribution < 1.29 is 14.0 Å². The Bertz CT molecular complexity index is 382. The van der Waals surface area contributed by atoms with Crippen LogP contribution in [0, 0.1) is 5.82 Å². The van der Waals surface area contributed by atoms with Gasteiger partial charge in [-0.3, -0.25) is 9.63 Å². The van der Waals surface area contributed by atoms with E-state index in [2.05, 4.69) is 15.9 Å². The van der Waals surface area contributed by atoms with Crippen molar-refractivity contribution in [1.29, 1.82) is 0 Å². The minimum atomic E-state index is -0.352. The minimum Gasteiger partial charge on any atom is -0.271 e. The summed E-state index contributed by atoms with van der Waals surface area (Å²) < 4.78 is 12.7. The highest BCUT2D eigenvalue weighted by Gasteiger charge is 2.24. The topological polar surface area (TPSA) is 29.5 Å². The number of hydrogen-bond acceptors (Lipinski definition) is 2. The number of carbonyl (C=O) groups excluding carboxylic acids is 1. The third kappa shape index (κ3) is 2.59. The second-order valence-electron chi connectivity index (χ2n) is 3.59. The molecule has 1 aliphatic rings. The number of amides is 1. The first-order chi connectivity index (χ1) is 7.66. The molecule has 1 saturated heterocycles. The number of carbonyl (C=O) groups is 1. The summed E-state index contributed by atoms with van der Waals surface area (Å²) >= 11 is 3.45. The SMILES string of the molecule is O=C(c1ccc(F)cc1)N1CC(Br)CCO1. The second-order valence-corrected chi connectivity index (χ2v) is 4.89. The summed E-state index contributed by atoms with van der Waals surface area (Å²) in [4.78, 5) is 17.4. The molecule has 1 aromatic rings. The Kier molecular flexibility index (Phi) is 3.56. The number of rotatable bonds is 1. The minimum absolute atomic E-state index is 0.232. The van der Waals surface area contributed by atoms with E-state index in [0.29, 0.717) is 18.7 Å². The van der Waals surface area contributed by atoms with Crippen LogP contribution in [0.2, 0.25) is 0 Å². The normalized spacial score (nSPS) is 20.9. The lowest BCUT2D eigenvalue weighted by Crippen LogP contribution is -2.40. The van der Waals surface area contributed by atoms with Crippen LogP contribution in [0.25, 0.3) is 0 Å². The average Bonchev–Trinajstić information content (AvgIpc) is 2.29. The molecular weight excluding hydrogens is 277 g/mol. The Morgan fingerprint density at radius 2 is 2.12 bits per heavy atom. The summed E-state index contributed by atoms with van der Waals surface area (Å²) in [6.45, 7) is 1.03. The largest absolute Gasteiger partial charge is 0.277 e. The average molecular weight is 288 g/mol. The monoisotopic (exact) mass is 287 g/mol. The molecule has 0 spiro atoms. The number of benzene rings is 1. The molecular formula is C11H11BrFNO2. The lowest BCUT2D eigenvalue weighted by molar-refractivity contribution is -0.141. The van der Waals surface area contributed by atoms with Crippen LogP contribution in [-0.4, -0.2) is 28.9 Å². The summed E-state index contributed by atoms with van der Waals surface area (Å²) in [7, 11) is 0. The Morgan fingerprint density at radius 1 is 1.44 bits per heavy atom. The van der Waals surface area contributed by atoms with Crippen LogP contribution in [0.15, 0.2) is 24.3 Å². The zero-order valence-corrected chi connectivity index (χ0v) is 10.1. The van der Waals surface area contributed by atoms with Crippen molar-refractivity contribution in [3.63, 3.8) is 0 Å². The molecule has 86 valence electrons. The maximum atomic E-state index is 12.7. The van der Waals surface area contributed by atoms with Crippen LogP contribution in [0.4, 0.5) is 4.39 Å². The summed E-state index contributed by atoms with van der Waals surface area (Å²) in [5, 5.41) is 1.32. The molecule has 1 heterocycles. The van der Waals surface area contributed by atoms with E-state index in [1.54, 1.807) is 0 Å². The number of nitrogens with zero attached hydrogens (tertiary/aromatic N) is 1. The predicted molar refractivity (Wildman–Crippen MR) is 60.7 cm³/mol. The van der Waals surface area contributed by atoms with Gasteiger partial charge in [0.2, 0.25) is 0 Å². The van der Waals surface area contributed by atoms with E-state index in [1.165, 1.54) is 29.3 Å². The van der Waals surface area contributed by atoms with Crippen LogP contribution in [0.1, 0.15) is 16.8 Å². The number of hydroxylamine groups is 2. The molecule has 1 amide bonds. The molecule has 0 saturated carbocycles. The Morgan fingerprint density at radius 3 is 2.75 bits per heavy atom. The fraction of sp³-hybridized carbons (Fsp3) is 0.364. The highest BCUT2D eigenvalue weighted by atomic mass is 79.9. The highest BCUT2D eigenvalue weighted by Crippen LogP contribution is 2.17. The van der Waals surface area contributed by atoms with Crippen LogP contribution in [0.5, 0.6) is 0 Å². The first kappa shape index (κ1) is 11.5. The molecule has 1 aromatic carbocycles. The first-order valence-corrected chi connectivity index (χ1v) is 5.93. The maximum Gasteiger partial charge on any atom is 0.277 e. The molecule has 0 aliphatic carbocycles. The van der Waals surface area contributed by atoms with Gasteiger partial charge in [0.15, 0.2) is 0 Å². The zero-order valence-electron chi connectivity index (χ0n) is 8.53. The van der Waals surface area contributed by atoms with Gasteiger partial charge in [-0.2, -0.15) is 0 Å². The lowest BCUT2D eigenvalue weighted by atomic mass is 10.2. The first-order valence-electron chi connectivity index (χ1n) is 5.01. The highest BCUT2D eigenvalue weighted by molar-refractivity contribution is 9.09. The van der Waals surface area contributed by atoms with Gasteiger partial charge in [-0.15, -0.1) is 0 Å². The van der Waals surface area contributed by atoms with E-state index in [1.807, 2.05) is 0 Å². The number of halogens is 2. The lowest BCUT2D eigenvalue weighted by Gasteiger charge is -2.29. The van der Waals surface area contributed by atoms with Crippen molar-refractivity contribution in [3.8, 4) is 0 Å². The van der Waals surface area contributed by atoms with Crippen LogP contribution in [0.3, 0.4) is 0 Å². The van der Waals surface area contributed by atoms with Gasteiger partial charge in [-0.25, -0.2) is 9.45 Å². The fourth-order valence-electron chi connectivity index (χ4n) is 1.49. The van der Waals surface area contributed by atoms with Crippen molar-refractivity contribution in [2.24, 2.45) is 0 Å². The molecule has 2 rings (SSSR count). The molecule has 16 heavy (non-hydrogen) atoms. The summed E-state index contributed by atoms with van der Waals surface area (Å²) in [6.07, 6.45) is 0.882. The Labute approximate surface area is 101 Å². The van der Waals surface area contributed by atoms with Crippen molar-refractivity contribution in [3.05, 3.63) is 35.6 Å².